The number of hydrogen-bond donors (Lipinski definition) is 1. The molecule has 0 aromatic carbocycles. The maximum atomic E-state index is 10.7. The lowest BCUT2D eigenvalue weighted by Crippen LogP contribution is -2.37. The summed E-state index contributed by atoms with van der Waals surface area (Å²) < 4.78 is 20.8. The Morgan fingerprint density at radius 2 is 2.17 bits per heavy atom. The van der Waals surface area contributed by atoms with Crippen LogP contribution in [0.15, 0.2) is 10.3 Å². The van der Waals surface area contributed by atoms with Crippen molar-refractivity contribution in [2.75, 3.05) is 6.54 Å². The molecule has 0 radical (unpaired) electrons. The lowest BCUT2D eigenvalue weighted by Gasteiger charge is -2.03. The Morgan fingerprint density at radius 1 is 1.58 bits per heavy atom. The molecule has 9 heteroatoms. The van der Waals surface area contributed by atoms with Gasteiger partial charge in [-0.2, -0.15) is 5.11 Å². The van der Waals surface area contributed by atoms with Gasteiger partial charge in [0, 0.05) is 0 Å². The second kappa shape index (κ2) is 2.60. The predicted molar refractivity (Wildman–Crippen MR) is 35.1 cm³/mol. The average Bonchev–Trinajstić information content (AvgIpc) is 2.31. The van der Waals surface area contributed by atoms with Crippen LogP contribution in [0.1, 0.15) is 0 Å². The van der Waals surface area contributed by atoms with Gasteiger partial charge in [0.05, 0.1) is 0 Å². The highest BCUT2D eigenvalue weighted by molar-refractivity contribution is 8.04. The number of sulfonamides is 1. The van der Waals surface area contributed by atoms with Gasteiger partial charge in [-0.25, -0.2) is 13.6 Å². The van der Waals surface area contributed by atoms with Crippen molar-refractivity contribution >= 4 is 21.2 Å². The molecule has 0 bridgehead atoms. The molecule has 0 aliphatic carbocycles. The maximum Gasteiger partial charge on any atom is 0.382 e. The molecule has 0 aromatic heterocycles. The van der Waals surface area contributed by atoms with E-state index in [1.165, 1.54) is 0 Å². The van der Waals surface area contributed by atoms with Crippen LogP contribution in [-0.2, 0) is 14.8 Å². The summed E-state index contributed by atoms with van der Waals surface area (Å²) in [6.45, 7) is -0.332. The lowest BCUT2D eigenvalue weighted by molar-refractivity contribution is -0.124. The molecule has 2 N–H and O–H groups in total. The van der Waals surface area contributed by atoms with Gasteiger partial charge in [0.15, 0.2) is 0 Å². The van der Waals surface area contributed by atoms with Crippen LogP contribution in [0.2, 0.25) is 0 Å². The van der Waals surface area contributed by atoms with Crippen LogP contribution in [0.5, 0.6) is 0 Å². The summed E-state index contributed by atoms with van der Waals surface area (Å²) in [6, 6.07) is 0. The number of nitrogens with two attached hydrogens (primary N) is 1. The molecule has 1 rings (SSSR count). The molecule has 2 amide bonds. The van der Waals surface area contributed by atoms with Crippen molar-refractivity contribution in [1.82, 2.24) is 5.01 Å². The molecule has 0 atom stereocenters. The number of carbonyl (C=O) groups is 2. The van der Waals surface area contributed by atoms with Crippen LogP contribution in [0.4, 0.5) is 4.79 Å². The average molecular weight is 192 g/mol. The number of imide groups is 1. The van der Waals surface area contributed by atoms with E-state index in [-0.39, 0.29) is 11.6 Å². The molecule has 0 unspecified atom stereocenters. The van der Waals surface area contributed by atoms with E-state index in [4.69, 9.17) is 0 Å². The third kappa shape index (κ3) is 1.46. The van der Waals surface area contributed by atoms with Crippen LogP contribution in [0, 0.1) is 0 Å². The van der Waals surface area contributed by atoms with Crippen LogP contribution < -0.4 is 5.14 Å². The largest absolute Gasteiger partial charge is 0.382 e. The van der Waals surface area contributed by atoms with E-state index in [1.54, 1.807) is 0 Å². The fourth-order valence-corrected chi connectivity index (χ4v) is 0.910. The van der Waals surface area contributed by atoms with E-state index in [1.807, 2.05) is 0 Å². The maximum absolute atomic E-state index is 10.7. The Balaban J connectivity index is 2.93. The Kier molecular flexibility index (Phi) is 1.90. The fraction of sp³-hybridized carbons (Fsp3) is 0.333. The molecule has 8 nitrogen and oxygen atoms in total. The fourth-order valence-electron chi connectivity index (χ4n) is 0.531. The molecule has 0 saturated carbocycles. The molecule has 12 heavy (non-hydrogen) atoms. The van der Waals surface area contributed by atoms with E-state index in [2.05, 4.69) is 15.5 Å². The Morgan fingerprint density at radius 3 is 2.50 bits per heavy atom. The second-order valence-electron chi connectivity index (χ2n) is 1.91. The van der Waals surface area contributed by atoms with Gasteiger partial charge in [-0.05, 0) is 0 Å². The lowest BCUT2D eigenvalue weighted by atomic mass is 10.6. The summed E-state index contributed by atoms with van der Waals surface area (Å²) in [5.41, 5.74) is 0. The zero-order valence-electron chi connectivity index (χ0n) is 5.67. The third-order valence-electron chi connectivity index (χ3n) is 1.01. The predicted octanol–water partition coefficient (Wildman–Crippen LogP) is -1.40. The number of primary sulfonamides is 1. The van der Waals surface area contributed by atoms with Crippen molar-refractivity contribution in [2.45, 2.75) is 0 Å². The third-order valence-corrected chi connectivity index (χ3v) is 1.67. The van der Waals surface area contributed by atoms with Crippen LogP contribution >= 0.6 is 0 Å². The minimum Gasteiger partial charge on any atom is -0.270 e. The minimum absolute atomic E-state index is 0.120. The first-order valence-corrected chi connectivity index (χ1v) is 4.24. The number of rotatable bonds is 0. The van der Waals surface area contributed by atoms with Crippen LogP contribution in [-0.4, -0.2) is 31.1 Å². The highest BCUT2D eigenvalue weighted by Gasteiger charge is 2.32. The molecule has 0 aromatic rings. The smallest absolute Gasteiger partial charge is 0.270 e. The summed E-state index contributed by atoms with van der Waals surface area (Å²) >= 11 is 0. The first kappa shape index (κ1) is 8.74. The van der Waals surface area contributed by atoms with Gasteiger partial charge in [0.2, 0.25) is 0 Å². The Labute approximate surface area is 67.1 Å². The molecule has 1 aliphatic rings. The van der Waals surface area contributed by atoms with Crippen LogP contribution in [0.25, 0.3) is 0 Å². The molecule has 0 saturated heterocycles. The summed E-state index contributed by atoms with van der Waals surface area (Å²) in [4.78, 5) is 21.4. The SMILES string of the molecule is NS(=O)(=O)C(=O)N1N=NCC1=O. The molecular formula is C3H4N4O4S. The number of nitrogens with zero attached hydrogens (tertiary/aromatic N) is 3. The van der Waals surface area contributed by atoms with Crippen LogP contribution in [0.3, 0.4) is 0 Å². The zero-order chi connectivity index (χ0) is 9.35. The number of hydrogen-bond acceptors (Lipinski definition) is 6. The molecular weight excluding hydrogens is 188 g/mol. The Hall–Kier alpha value is -1.35. The van der Waals surface area contributed by atoms with Gasteiger partial charge in [-0.3, -0.25) is 9.59 Å². The molecule has 66 valence electrons. The summed E-state index contributed by atoms with van der Waals surface area (Å²) in [6.07, 6.45) is 0. The Bertz CT molecular complexity index is 356. The molecule has 1 heterocycles. The van der Waals surface area contributed by atoms with Gasteiger partial charge in [-0.15, -0.1) is 5.01 Å². The van der Waals surface area contributed by atoms with Gasteiger partial charge in [0.1, 0.15) is 6.54 Å². The highest BCUT2D eigenvalue weighted by atomic mass is 32.2. The first-order valence-electron chi connectivity index (χ1n) is 2.70. The van der Waals surface area contributed by atoms with Gasteiger partial charge in [0.25, 0.3) is 15.9 Å². The van der Waals surface area contributed by atoms with Crippen molar-refractivity contribution in [3.8, 4) is 0 Å². The summed E-state index contributed by atoms with van der Waals surface area (Å²) in [7, 11) is -4.41. The first-order chi connectivity index (χ1) is 5.43. The minimum atomic E-state index is -4.41. The quantitative estimate of drug-likeness (QED) is 0.507. The van der Waals surface area contributed by atoms with E-state index >= 15 is 0 Å². The van der Waals surface area contributed by atoms with Crippen molar-refractivity contribution in [1.29, 1.82) is 0 Å². The normalized spacial score (nSPS) is 17.1. The highest BCUT2D eigenvalue weighted by Crippen LogP contribution is 2.05. The van der Waals surface area contributed by atoms with E-state index in [0.717, 1.165) is 0 Å². The standard InChI is InChI=1S/C3H4N4O4S/c4-12(10,11)3(9)7-2(8)1-5-6-7/h1H2,(H2,4,10,11). The van der Waals surface area contributed by atoms with Crippen molar-refractivity contribution in [2.24, 2.45) is 15.5 Å². The number of carbonyl (C=O) groups excluding carboxylic acids is 2. The van der Waals surface area contributed by atoms with Crippen molar-refractivity contribution in [3.05, 3.63) is 0 Å². The van der Waals surface area contributed by atoms with Gasteiger partial charge >= 0.3 is 5.24 Å². The van der Waals surface area contributed by atoms with E-state index < -0.39 is 21.2 Å². The van der Waals surface area contributed by atoms with Gasteiger partial charge in [-0.1, -0.05) is 5.22 Å². The second-order valence-corrected chi connectivity index (χ2v) is 3.34. The van der Waals surface area contributed by atoms with Crippen molar-refractivity contribution in [3.63, 3.8) is 0 Å². The van der Waals surface area contributed by atoms with E-state index in [0.29, 0.717) is 0 Å². The summed E-state index contributed by atoms with van der Waals surface area (Å²) in [5.74, 6) is -0.811. The number of amides is 2. The summed E-state index contributed by atoms with van der Waals surface area (Å²) in [5, 5.41) is 9.13. The molecule has 0 fully saturated rings. The van der Waals surface area contributed by atoms with E-state index in [9.17, 15) is 18.0 Å². The topological polar surface area (TPSA) is 122 Å². The monoisotopic (exact) mass is 192 g/mol. The van der Waals surface area contributed by atoms with Gasteiger partial charge < -0.3 is 0 Å². The molecule has 0 spiro atoms. The zero-order valence-corrected chi connectivity index (χ0v) is 6.48. The van der Waals surface area contributed by atoms with Crippen molar-refractivity contribution < 1.29 is 18.0 Å². The molecule has 1 aliphatic heterocycles.